The Balaban J connectivity index is 0.873. The van der Waals surface area contributed by atoms with Crippen molar-refractivity contribution < 1.29 is 14.2 Å². The summed E-state index contributed by atoms with van der Waals surface area (Å²) >= 11 is 0. The molecule has 0 aliphatic rings. The summed E-state index contributed by atoms with van der Waals surface area (Å²) in [7, 11) is -2.01. The van der Waals surface area contributed by atoms with Gasteiger partial charge in [0.2, 0.25) is 0 Å². The largest absolute Gasteiger partial charge is 0.374 e. The summed E-state index contributed by atoms with van der Waals surface area (Å²) in [5.74, 6) is 0. The molecule has 66 heavy (non-hydrogen) atoms. The second-order valence-electron chi connectivity index (χ2n) is 16.0. The van der Waals surface area contributed by atoms with Gasteiger partial charge in [0.15, 0.2) is 0 Å². The summed E-state index contributed by atoms with van der Waals surface area (Å²) < 4.78 is 19.5. The van der Waals surface area contributed by atoms with Gasteiger partial charge in [0.05, 0.1) is 33.0 Å². The first kappa shape index (κ1) is 45.3. The van der Waals surface area contributed by atoms with Crippen LogP contribution in [0.4, 0.5) is 0 Å². The zero-order valence-corrected chi connectivity index (χ0v) is 39.6. The molecule has 0 unspecified atom stereocenters. The monoisotopic (exact) mass is 914 g/mol. The van der Waals surface area contributed by atoms with Crippen LogP contribution in [0.1, 0.15) is 16.7 Å². The van der Waals surface area contributed by atoms with Gasteiger partial charge in [-0.3, -0.25) is 0 Å². The fraction of sp³-hybridized carbons (Fsp3) is 0.100. The van der Waals surface area contributed by atoms with Crippen LogP contribution >= 0.6 is 23.8 Å². The number of benzene rings is 9. The Morgan fingerprint density at radius 3 is 0.697 bits per heavy atom. The van der Waals surface area contributed by atoms with Gasteiger partial charge in [-0.15, -0.1) is 0 Å². The predicted molar refractivity (Wildman–Crippen MR) is 283 cm³/mol. The van der Waals surface area contributed by atoms with E-state index in [4.69, 9.17) is 14.2 Å². The number of rotatable bonds is 20. The zero-order chi connectivity index (χ0) is 44.6. The molecule has 9 aromatic rings. The van der Waals surface area contributed by atoms with E-state index in [1.54, 1.807) is 0 Å². The van der Waals surface area contributed by atoms with E-state index in [-0.39, 0.29) is 6.10 Å². The lowest BCUT2D eigenvalue weighted by Gasteiger charge is -2.21. The summed E-state index contributed by atoms with van der Waals surface area (Å²) in [6.07, 6.45) is -0.262. The topological polar surface area (TPSA) is 27.7 Å². The summed E-state index contributed by atoms with van der Waals surface area (Å²) in [5.41, 5.74) is 3.38. The van der Waals surface area contributed by atoms with E-state index in [0.717, 1.165) is 16.7 Å². The van der Waals surface area contributed by atoms with E-state index in [1.807, 2.05) is 0 Å². The summed E-state index contributed by atoms with van der Waals surface area (Å²) in [4.78, 5) is 0. The lowest BCUT2D eigenvalue weighted by molar-refractivity contribution is -0.0729. The van der Waals surface area contributed by atoms with Crippen molar-refractivity contribution in [3.05, 3.63) is 271 Å². The first-order valence-electron chi connectivity index (χ1n) is 22.5. The van der Waals surface area contributed by atoms with Gasteiger partial charge in [-0.05, 0) is 88.2 Å². The van der Waals surface area contributed by atoms with Gasteiger partial charge in [0.25, 0.3) is 0 Å². The Morgan fingerprint density at radius 2 is 0.455 bits per heavy atom. The van der Waals surface area contributed by atoms with Crippen molar-refractivity contribution in [2.75, 3.05) is 13.2 Å². The highest BCUT2D eigenvalue weighted by atomic mass is 31.1. The van der Waals surface area contributed by atoms with E-state index in [9.17, 15) is 0 Å². The maximum Gasteiger partial charge on any atom is 0.105 e. The molecule has 9 aromatic carbocycles. The molecule has 0 spiro atoms. The lowest BCUT2D eigenvalue weighted by atomic mass is 10.2. The fourth-order valence-electron chi connectivity index (χ4n) is 8.00. The molecule has 0 fully saturated rings. The van der Waals surface area contributed by atoms with Gasteiger partial charge in [-0.25, -0.2) is 0 Å². The van der Waals surface area contributed by atoms with Crippen LogP contribution in [0.5, 0.6) is 0 Å². The van der Waals surface area contributed by atoms with Crippen LogP contribution in [0, 0.1) is 0 Å². The molecule has 3 nitrogen and oxygen atoms in total. The molecule has 0 radical (unpaired) electrons. The summed E-state index contributed by atoms with van der Waals surface area (Å²) in [6, 6.07) is 91.8. The van der Waals surface area contributed by atoms with Crippen LogP contribution < -0.4 is 47.7 Å². The van der Waals surface area contributed by atoms with Crippen LogP contribution in [0.2, 0.25) is 0 Å². The standard InChI is InChI=1S/C60H53O3P3/c1-7-19-52(20-8-1)64(53-21-9-2-10-22-53)58-37-31-48(32-38-58)43-61-46-51(63-45-50-35-41-60(42-36-50)66(56-27-15-5-16-28-56)57-29-17-6-18-30-57)47-62-44-49-33-39-59(40-34-49)65(54-23-11-3-12-24-54)55-25-13-4-14-26-55/h1-42,51H,43-47H2. The Bertz CT molecular complexity index is 2530. The van der Waals surface area contributed by atoms with E-state index in [0.29, 0.717) is 33.0 Å². The Hall–Kier alpha value is -5.85. The van der Waals surface area contributed by atoms with Crippen molar-refractivity contribution in [3.8, 4) is 0 Å². The molecule has 0 N–H and O–H groups in total. The van der Waals surface area contributed by atoms with Crippen LogP contribution in [0.3, 0.4) is 0 Å². The zero-order valence-electron chi connectivity index (χ0n) is 36.9. The fourth-order valence-corrected chi connectivity index (χ4v) is 14.8. The van der Waals surface area contributed by atoms with Crippen LogP contribution in [0.25, 0.3) is 0 Å². The lowest BCUT2D eigenvalue weighted by Crippen LogP contribution is -2.26. The molecule has 9 rings (SSSR count). The Kier molecular flexibility index (Phi) is 16.2. The highest BCUT2D eigenvalue weighted by Crippen LogP contribution is 2.35. The normalized spacial score (nSPS) is 11.5. The summed E-state index contributed by atoms with van der Waals surface area (Å²) in [6.45, 7) is 2.25. The van der Waals surface area contributed by atoms with Crippen molar-refractivity contribution in [1.29, 1.82) is 0 Å². The minimum atomic E-state index is -0.679. The molecule has 0 heterocycles. The Morgan fingerprint density at radius 1 is 0.242 bits per heavy atom. The third-order valence-corrected chi connectivity index (χ3v) is 18.6. The first-order valence-corrected chi connectivity index (χ1v) is 26.5. The van der Waals surface area contributed by atoms with E-state index in [1.165, 1.54) is 47.7 Å². The molecule has 326 valence electrons. The maximum atomic E-state index is 6.63. The third-order valence-electron chi connectivity index (χ3n) is 11.3. The average molecular weight is 915 g/mol. The summed E-state index contributed by atoms with van der Waals surface area (Å²) in [5, 5.41) is 12.0. The minimum Gasteiger partial charge on any atom is -0.374 e. The second kappa shape index (κ2) is 23.6. The maximum absolute atomic E-state index is 6.63. The number of hydrogen-bond donors (Lipinski definition) is 0. The molecule has 0 saturated heterocycles. The molecular weight excluding hydrogens is 862 g/mol. The molecule has 6 heteroatoms. The highest BCUT2D eigenvalue weighted by molar-refractivity contribution is 7.80. The van der Waals surface area contributed by atoms with Crippen molar-refractivity contribution in [1.82, 2.24) is 0 Å². The first-order chi connectivity index (χ1) is 32.7. The SMILES string of the molecule is c1ccc(P(c2ccccc2)c2ccc(COCC(COCc3ccc(P(c4ccccc4)c4ccccc4)cc3)OCc3ccc(P(c4ccccc4)c4ccccc4)cc3)cc2)cc1. The second-order valence-corrected chi connectivity index (χ2v) is 22.6. The van der Waals surface area contributed by atoms with Crippen LogP contribution in [0.15, 0.2) is 255 Å². The smallest absolute Gasteiger partial charge is 0.105 e. The molecule has 0 saturated carbocycles. The van der Waals surface area contributed by atoms with Gasteiger partial charge in [0.1, 0.15) is 6.10 Å². The molecule has 0 aromatic heterocycles. The number of ether oxygens (including phenoxy) is 3. The highest BCUT2D eigenvalue weighted by Gasteiger charge is 2.19. The van der Waals surface area contributed by atoms with Crippen molar-refractivity contribution in [2.45, 2.75) is 25.9 Å². The minimum absolute atomic E-state index is 0.262. The quantitative estimate of drug-likeness (QED) is 0.0713. The molecule has 0 aliphatic carbocycles. The van der Waals surface area contributed by atoms with Crippen molar-refractivity contribution in [3.63, 3.8) is 0 Å². The van der Waals surface area contributed by atoms with Crippen molar-refractivity contribution in [2.24, 2.45) is 0 Å². The van der Waals surface area contributed by atoms with E-state index in [2.05, 4.69) is 255 Å². The van der Waals surface area contributed by atoms with E-state index >= 15 is 0 Å². The number of hydrogen-bond acceptors (Lipinski definition) is 3. The molecule has 0 atom stereocenters. The van der Waals surface area contributed by atoms with Gasteiger partial charge in [-0.1, -0.05) is 255 Å². The van der Waals surface area contributed by atoms with Gasteiger partial charge in [-0.2, -0.15) is 0 Å². The molecular formula is C60H53O3P3. The molecule has 0 bridgehead atoms. The molecule has 0 aliphatic heterocycles. The molecule has 0 amide bonds. The van der Waals surface area contributed by atoms with Gasteiger partial charge < -0.3 is 14.2 Å². The average Bonchev–Trinajstić information content (AvgIpc) is 3.39. The predicted octanol–water partition coefficient (Wildman–Crippen LogP) is 10.3. The third kappa shape index (κ3) is 12.1. The van der Waals surface area contributed by atoms with Crippen LogP contribution in [-0.4, -0.2) is 19.3 Å². The van der Waals surface area contributed by atoms with E-state index < -0.39 is 23.8 Å². The Labute approximate surface area is 394 Å². The van der Waals surface area contributed by atoms with Gasteiger partial charge in [0, 0.05) is 0 Å². The van der Waals surface area contributed by atoms with Crippen molar-refractivity contribution >= 4 is 71.5 Å². The van der Waals surface area contributed by atoms with Crippen LogP contribution in [-0.2, 0) is 34.0 Å². The van der Waals surface area contributed by atoms with Gasteiger partial charge >= 0.3 is 0 Å².